The molecule has 0 aromatic heterocycles. The first kappa shape index (κ1) is 12.4. The van der Waals surface area contributed by atoms with Gasteiger partial charge in [-0.25, -0.2) is 0 Å². The standard InChI is InChI=1S/C12H19NO4/c1-8(14)13-6-10-2-3-12(7-17-10)4-9(5-12)11(15)16/h9-10H,2-7H2,1H3,(H,13,14)(H,15,16). The van der Waals surface area contributed by atoms with Crippen LogP contribution in [0, 0.1) is 11.3 Å². The summed E-state index contributed by atoms with van der Waals surface area (Å²) >= 11 is 0. The molecule has 1 saturated carbocycles. The van der Waals surface area contributed by atoms with Gasteiger partial charge in [0.15, 0.2) is 0 Å². The van der Waals surface area contributed by atoms with E-state index >= 15 is 0 Å². The maximum atomic E-state index is 10.8. The molecule has 5 nitrogen and oxygen atoms in total. The van der Waals surface area contributed by atoms with Crippen LogP contribution in [-0.2, 0) is 14.3 Å². The van der Waals surface area contributed by atoms with Crippen molar-refractivity contribution in [2.24, 2.45) is 11.3 Å². The minimum Gasteiger partial charge on any atom is -0.481 e. The Kier molecular flexibility index (Phi) is 3.38. The Morgan fingerprint density at radius 1 is 1.47 bits per heavy atom. The smallest absolute Gasteiger partial charge is 0.306 e. The molecule has 2 N–H and O–H groups in total. The van der Waals surface area contributed by atoms with Crippen LogP contribution in [0.5, 0.6) is 0 Å². The second-order valence-corrected chi connectivity index (χ2v) is 5.35. The maximum Gasteiger partial charge on any atom is 0.306 e. The average Bonchev–Trinajstić information content (AvgIpc) is 2.23. The van der Waals surface area contributed by atoms with Crippen LogP contribution in [0.15, 0.2) is 0 Å². The molecule has 1 atom stereocenters. The van der Waals surface area contributed by atoms with Crippen LogP contribution < -0.4 is 5.32 Å². The van der Waals surface area contributed by atoms with Gasteiger partial charge in [-0.3, -0.25) is 9.59 Å². The van der Waals surface area contributed by atoms with Crippen molar-refractivity contribution in [1.29, 1.82) is 0 Å². The Morgan fingerprint density at radius 3 is 2.65 bits per heavy atom. The Hall–Kier alpha value is -1.10. The SMILES string of the molecule is CC(=O)NCC1CCC2(CO1)CC(C(=O)O)C2. The summed E-state index contributed by atoms with van der Waals surface area (Å²) in [5, 5.41) is 11.6. The number of rotatable bonds is 3. The van der Waals surface area contributed by atoms with Gasteiger partial charge in [-0.1, -0.05) is 0 Å². The largest absolute Gasteiger partial charge is 0.481 e. The Morgan fingerprint density at radius 2 is 2.18 bits per heavy atom. The van der Waals surface area contributed by atoms with E-state index in [1.54, 1.807) is 0 Å². The van der Waals surface area contributed by atoms with Crippen LogP contribution in [0.1, 0.15) is 32.6 Å². The molecule has 2 rings (SSSR count). The van der Waals surface area contributed by atoms with E-state index in [0.717, 1.165) is 25.7 Å². The van der Waals surface area contributed by atoms with Gasteiger partial charge in [0.1, 0.15) is 0 Å². The van der Waals surface area contributed by atoms with Gasteiger partial charge in [0.25, 0.3) is 0 Å². The molecule has 1 saturated heterocycles. The lowest BCUT2D eigenvalue weighted by Crippen LogP contribution is -2.49. The summed E-state index contributed by atoms with van der Waals surface area (Å²) in [6.07, 6.45) is 3.51. The summed E-state index contributed by atoms with van der Waals surface area (Å²) in [4.78, 5) is 21.5. The van der Waals surface area contributed by atoms with Gasteiger partial charge >= 0.3 is 5.97 Å². The Labute approximate surface area is 101 Å². The number of aliphatic carboxylic acids is 1. The summed E-state index contributed by atoms with van der Waals surface area (Å²) in [6, 6.07) is 0. The van der Waals surface area contributed by atoms with Crippen LogP contribution in [0.2, 0.25) is 0 Å². The lowest BCUT2D eigenvalue weighted by Gasteiger charge is -2.49. The van der Waals surface area contributed by atoms with E-state index in [0.29, 0.717) is 13.2 Å². The number of carbonyl (C=O) groups excluding carboxylic acids is 1. The lowest BCUT2D eigenvalue weighted by molar-refractivity contribution is -0.162. The molecule has 0 aromatic rings. The normalized spacial score (nSPS) is 36.3. The molecule has 2 fully saturated rings. The number of hydrogen-bond donors (Lipinski definition) is 2. The van der Waals surface area contributed by atoms with E-state index in [4.69, 9.17) is 9.84 Å². The van der Waals surface area contributed by atoms with Crippen LogP contribution >= 0.6 is 0 Å². The van der Waals surface area contributed by atoms with Crippen LogP contribution in [0.25, 0.3) is 0 Å². The molecule has 17 heavy (non-hydrogen) atoms. The fourth-order valence-corrected chi connectivity index (χ4v) is 2.82. The third-order valence-electron chi connectivity index (χ3n) is 3.91. The van der Waals surface area contributed by atoms with Gasteiger partial charge in [-0.2, -0.15) is 0 Å². The van der Waals surface area contributed by atoms with Gasteiger partial charge in [0.2, 0.25) is 5.91 Å². The van der Waals surface area contributed by atoms with Crippen LogP contribution in [0.4, 0.5) is 0 Å². The molecular weight excluding hydrogens is 222 g/mol. The number of carbonyl (C=O) groups is 2. The van der Waals surface area contributed by atoms with E-state index in [1.165, 1.54) is 6.92 Å². The number of hydrogen-bond acceptors (Lipinski definition) is 3. The van der Waals surface area contributed by atoms with Crippen molar-refractivity contribution >= 4 is 11.9 Å². The van der Waals surface area contributed by atoms with Crippen molar-refractivity contribution in [3.05, 3.63) is 0 Å². The van der Waals surface area contributed by atoms with Crippen LogP contribution in [0.3, 0.4) is 0 Å². The van der Waals surface area contributed by atoms with Gasteiger partial charge in [-0.15, -0.1) is 0 Å². The van der Waals surface area contributed by atoms with Crippen molar-refractivity contribution < 1.29 is 19.4 Å². The zero-order chi connectivity index (χ0) is 12.5. The minimum atomic E-state index is -0.684. The Balaban J connectivity index is 1.72. The summed E-state index contributed by atoms with van der Waals surface area (Å²) < 4.78 is 5.71. The highest BCUT2D eigenvalue weighted by atomic mass is 16.5. The molecular formula is C12H19NO4. The molecule has 1 spiro atoms. The lowest BCUT2D eigenvalue weighted by atomic mass is 9.59. The molecule has 1 aliphatic heterocycles. The topological polar surface area (TPSA) is 75.6 Å². The summed E-state index contributed by atoms with van der Waals surface area (Å²) in [5.41, 5.74) is 0.107. The number of amides is 1. The molecule has 0 bridgehead atoms. The molecule has 5 heteroatoms. The summed E-state index contributed by atoms with van der Waals surface area (Å²) in [5.74, 6) is -0.898. The van der Waals surface area contributed by atoms with E-state index in [-0.39, 0.29) is 23.3 Å². The highest BCUT2D eigenvalue weighted by Crippen LogP contribution is 2.51. The fourth-order valence-electron chi connectivity index (χ4n) is 2.82. The zero-order valence-electron chi connectivity index (χ0n) is 10.1. The number of ether oxygens (including phenoxy) is 1. The molecule has 2 aliphatic rings. The third kappa shape index (κ3) is 2.77. The fraction of sp³-hybridized carbons (Fsp3) is 0.833. The average molecular weight is 241 g/mol. The molecule has 1 aliphatic carbocycles. The van der Waals surface area contributed by atoms with Gasteiger partial charge in [0.05, 0.1) is 18.6 Å². The van der Waals surface area contributed by atoms with Gasteiger partial charge < -0.3 is 15.2 Å². The van der Waals surface area contributed by atoms with Gasteiger partial charge in [-0.05, 0) is 31.1 Å². The molecule has 96 valence electrons. The van der Waals surface area contributed by atoms with E-state index < -0.39 is 5.97 Å². The highest BCUT2D eigenvalue weighted by molar-refractivity contribution is 5.72. The maximum absolute atomic E-state index is 10.8. The van der Waals surface area contributed by atoms with Crippen molar-refractivity contribution in [1.82, 2.24) is 5.32 Å². The Bertz CT molecular complexity index is 312. The number of carboxylic acid groups (broad SMARTS) is 1. The predicted molar refractivity (Wildman–Crippen MR) is 60.5 cm³/mol. The molecule has 1 amide bonds. The summed E-state index contributed by atoms with van der Waals surface area (Å²) in [6.45, 7) is 2.70. The van der Waals surface area contributed by atoms with E-state index in [2.05, 4.69) is 5.32 Å². The van der Waals surface area contributed by atoms with Gasteiger partial charge in [0, 0.05) is 13.5 Å². The summed E-state index contributed by atoms with van der Waals surface area (Å²) in [7, 11) is 0. The zero-order valence-corrected chi connectivity index (χ0v) is 10.1. The molecule has 1 heterocycles. The van der Waals surface area contributed by atoms with Crippen molar-refractivity contribution in [2.75, 3.05) is 13.2 Å². The first-order valence-electron chi connectivity index (χ1n) is 6.10. The molecule has 0 aromatic carbocycles. The van der Waals surface area contributed by atoms with E-state index in [9.17, 15) is 9.59 Å². The monoisotopic (exact) mass is 241 g/mol. The number of carboxylic acids is 1. The van der Waals surface area contributed by atoms with Crippen molar-refractivity contribution in [3.63, 3.8) is 0 Å². The minimum absolute atomic E-state index is 0.0385. The van der Waals surface area contributed by atoms with Crippen LogP contribution in [-0.4, -0.2) is 36.2 Å². The second-order valence-electron chi connectivity index (χ2n) is 5.35. The third-order valence-corrected chi connectivity index (χ3v) is 3.91. The number of nitrogens with one attached hydrogen (secondary N) is 1. The first-order valence-corrected chi connectivity index (χ1v) is 6.10. The van der Waals surface area contributed by atoms with Crippen molar-refractivity contribution in [2.45, 2.75) is 38.7 Å². The van der Waals surface area contributed by atoms with E-state index in [1.807, 2.05) is 0 Å². The second kappa shape index (κ2) is 4.64. The predicted octanol–water partition coefficient (Wildman–Crippen LogP) is 0.782. The van der Waals surface area contributed by atoms with Crippen molar-refractivity contribution in [3.8, 4) is 0 Å². The highest BCUT2D eigenvalue weighted by Gasteiger charge is 2.49. The molecule has 1 unspecified atom stereocenters. The quantitative estimate of drug-likeness (QED) is 0.765. The first-order chi connectivity index (χ1) is 8.01. The molecule has 0 radical (unpaired) electrons.